The summed E-state index contributed by atoms with van der Waals surface area (Å²) in [4.78, 5) is 34.6. The number of carbonyl (C=O) groups excluding carboxylic acids is 2. The van der Waals surface area contributed by atoms with Crippen LogP contribution >= 0.6 is 11.3 Å². The summed E-state index contributed by atoms with van der Waals surface area (Å²) in [5.74, 6) is 0.816. The molecule has 1 saturated carbocycles. The molecule has 1 N–H and O–H groups in total. The van der Waals surface area contributed by atoms with Crippen LogP contribution in [-0.2, 0) is 16.1 Å². The number of para-hydroxylation sites is 1. The van der Waals surface area contributed by atoms with Crippen LogP contribution in [0, 0.1) is 0 Å². The number of hydrogen-bond donors (Lipinski definition) is 1. The molecule has 194 valence electrons. The van der Waals surface area contributed by atoms with Crippen molar-refractivity contribution < 1.29 is 19.1 Å². The number of nitrogens with one attached hydrogen (secondary N) is 1. The van der Waals surface area contributed by atoms with Crippen molar-refractivity contribution in [2.75, 3.05) is 13.1 Å². The summed E-state index contributed by atoms with van der Waals surface area (Å²) in [6.07, 6.45) is 1.81. The number of likely N-dealkylation sites (tertiary alicyclic amines) is 2. The molecule has 37 heavy (non-hydrogen) atoms. The number of nitrogens with zero attached hydrogens (tertiary/aromatic N) is 3. The molecule has 2 aromatic carbocycles. The summed E-state index contributed by atoms with van der Waals surface area (Å²) in [6.45, 7) is 7.87. The number of amides is 2. The number of rotatable bonds is 6. The summed E-state index contributed by atoms with van der Waals surface area (Å²) in [7, 11) is 0. The van der Waals surface area contributed by atoms with Gasteiger partial charge in [0.1, 0.15) is 16.9 Å². The number of alkyl carbamates (subject to hydrolysis) is 1. The molecule has 2 amide bonds. The van der Waals surface area contributed by atoms with Crippen LogP contribution in [0.3, 0.4) is 0 Å². The molecule has 0 radical (unpaired) electrons. The number of ether oxygens (including phenoxy) is 2. The molecule has 0 spiro atoms. The zero-order chi connectivity index (χ0) is 25.8. The summed E-state index contributed by atoms with van der Waals surface area (Å²) >= 11 is 1.54. The van der Waals surface area contributed by atoms with Gasteiger partial charge < -0.3 is 19.7 Å². The van der Waals surface area contributed by atoms with Crippen LogP contribution in [-0.4, -0.2) is 63.1 Å². The second-order valence-corrected chi connectivity index (χ2v) is 12.3. The minimum Gasteiger partial charge on any atom is -0.444 e. The Hall–Kier alpha value is -3.17. The van der Waals surface area contributed by atoms with Gasteiger partial charge in [0.2, 0.25) is 5.91 Å². The van der Waals surface area contributed by atoms with Gasteiger partial charge in [0.25, 0.3) is 5.19 Å². The molecule has 2 atom stereocenters. The van der Waals surface area contributed by atoms with Gasteiger partial charge in [-0.3, -0.25) is 9.69 Å². The number of thiazole rings is 1. The second kappa shape index (κ2) is 8.99. The summed E-state index contributed by atoms with van der Waals surface area (Å²) in [6, 6.07) is 16.7. The van der Waals surface area contributed by atoms with E-state index in [2.05, 4.69) is 27.3 Å². The lowest BCUT2D eigenvalue weighted by atomic mass is 10.1. The Labute approximate surface area is 220 Å². The molecule has 3 aromatic rings. The van der Waals surface area contributed by atoms with Crippen LogP contribution in [0.5, 0.6) is 10.9 Å². The van der Waals surface area contributed by atoms with Crippen molar-refractivity contribution in [3.05, 3.63) is 54.1 Å². The molecule has 2 bridgehead atoms. The summed E-state index contributed by atoms with van der Waals surface area (Å²) < 4.78 is 12.5. The Balaban J connectivity index is 1.03. The van der Waals surface area contributed by atoms with Gasteiger partial charge in [-0.25, -0.2) is 9.78 Å². The Morgan fingerprint density at radius 2 is 1.84 bits per heavy atom. The number of fused-ring (bicyclic) bond motifs is 3. The van der Waals surface area contributed by atoms with E-state index in [-0.39, 0.29) is 11.9 Å². The van der Waals surface area contributed by atoms with Crippen molar-refractivity contribution in [1.29, 1.82) is 0 Å². The number of carbonyl (C=O) groups is 2. The maximum Gasteiger partial charge on any atom is 0.408 e. The molecule has 3 aliphatic rings. The highest BCUT2D eigenvalue weighted by molar-refractivity contribution is 7.20. The number of piperazine rings is 1. The molecule has 2 saturated heterocycles. The zero-order valence-electron chi connectivity index (χ0n) is 21.4. The van der Waals surface area contributed by atoms with Gasteiger partial charge in [0, 0.05) is 31.7 Å². The van der Waals surface area contributed by atoms with Crippen molar-refractivity contribution in [2.24, 2.45) is 0 Å². The lowest BCUT2D eigenvalue weighted by Crippen LogP contribution is -2.56. The van der Waals surface area contributed by atoms with Crippen LogP contribution in [0.4, 0.5) is 4.79 Å². The molecule has 9 heteroatoms. The predicted octanol–water partition coefficient (Wildman–Crippen LogP) is 4.93. The van der Waals surface area contributed by atoms with E-state index >= 15 is 0 Å². The third kappa shape index (κ3) is 5.02. The number of aromatic nitrogens is 1. The van der Waals surface area contributed by atoms with Gasteiger partial charge >= 0.3 is 6.09 Å². The molecule has 3 heterocycles. The Bertz CT molecular complexity index is 1290. The monoisotopic (exact) mass is 520 g/mol. The molecular formula is C28H32N4O4S. The van der Waals surface area contributed by atoms with Crippen LogP contribution < -0.4 is 10.1 Å². The molecule has 3 fully saturated rings. The summed E-state index contributed by atoms with van der Waals surface area (Å²) in [5, 5.41) is 3.50. The first-order valence-electron chi connectivity index (χ1n) is 12.9. The highest BCUT2D eigenvalue weighted by Crippen LogP contribution is 2.42. The van der Waals surface area contributed by atoms with Gasteiger partial charge in [-0.2, -0.15) is 0 Å². The van der Waals surface area contributed by atoms with E-state index in [9.17, 15) is 9.59 Å². The number of benzene rings is 2. The maximum atomic E-state index is 13.3. The fourth-order valence-electron chi connectivity index (χ4n) is 5.38. The third-order valence-electron chi connectivity index (χ3n) is 7.30. The summed E-state index contributed by atoms with van der Waals surface area (Å²) in [5.41, 5.74) is 0.795. The van der Waals surface area contributed by atoms with Crippen molar-refractivity contribution in [3.8, 4) is 10.9 Å². The van der Waals surface area contributed by atoms with E-state index in [1.165, 1.54) is 5.56 Å². The van der Waals surface area contributed by atoms with Crippen molar-refractivity contribution >= 4 is 33.6 Å². The Kier molecular flexibility index (Phi) is 5.88. The van der Waals surface area contributed by atoms with Crippen LogP contribution in [0.25, 0.3) is 10.2 Å². The van der Waals surface area contributed by atoms with E-state index < -0.39 is 17.2 Å². The molecular weight excluding hydrogens is 488 g/mol. The Morgan fingerprint density at radius 1 is 1.08 bits per heavy atom. The minimum absolute atomic E-state index is 0.0434. The van der Waals surface area contributed by atoms with Gasteiger partial charge in [-0.1, -0.05) is 35.6 Å². The van der Waals surface area contributed by atoms with E-state index in [0.29, 0.717) is 30.6 Å². The van der Waals surface area contributed by atoms with Crippen molar-refractivity contribution in [2.45, 2.75) is 69.8 Å². The minimum atomic E-state index is -0.781. The third-order valence-corrected chi connectivity index (χ3v) is 8.22. The quantitative estimate of drug-likeness (QED) is 0.496. The van der Waals surface area contributed by atoms with Crippen LogP contribution in [0.15, 0.2) is 48.5 Å². The predicted molar refractivity (Wildman–Crippen MR) is 142 cm³/mol. The average Bonchev–Trinajstić information content (AvgIpc) is 3.16. The first kappa shape index (κ1) is 24.2. The molecule has 2 aliphatic heterocycles. The fourth-order valence-corrected chi connectivity index (χ4v) is 6.21. The van der Waals surface area contributed by atoms with Gasteiger partial charge in [0.05, 0.1) is 10.2 Å². The SMILES string of the molecule is CC(C)(C)OC(=O)NC1(C(=O)N2C[C@H]3C[C@H]2CN3Cc2ccc(Oc3nc4ccccc4s3)cc2)CC1. The standard InChI is InChI=1S/C28H32N4O4S/c1-27(2,3)36-25(34)30-28(12-13-28)24(33)32-17-19-14-20(32)16-31(19)15-18-8-10-21(11-9-18)35-26-29-22-6-4-5-7-23(22)37-26/h4-11,19-20H,12-17H2,1-3H3,(H,30,34)/t19-,20+/m1/s1. The van der Waals surface area contributed by atoms with Gasteiger partial charge in [0.15, 0.2) is 0 Å². The van der Waals surface area contributed by atoms with E-state index in [0.717, 1.165) is 35.5 Å². The fraction of sp³-hybridized carbons (Fsp3) is 0.464. The first-order valence-corrected chi connectivity index (χ1v) is 13.7. The van der Waals surface area contributed by atoms with E-state index in [1.54, 1.807) is 11.3 Å². The zero-order valence-corrected chi connectivity index (χ0v) is 22.2. The molecule has 1 aliphatic carbocycles. The van der Waals surface area contributed by atoms with E-state index in [1.807, 2.05) is 62.1 Å². The molecule has 6 rings (SSSR count). The smallest absolute Gasteiger partial charge is 0.408 e. The highest BCUT2D eigenvalue weighted by Gasteiger charge is 2.57. The molecule has 0 unspecified atom stereocenters. The van der Waals surface area contributed by atoms with Crippen LogP contribution in [0.2, 0.25) is 0 Å². The van der Waals surface area contributed by atoms with Crippen molar-refractivity contribution in [3.63, 3.8) is 0 Å². The lowest BCUT2D eigenvalue weighted by Gasteiger charge is -2.36. The highest BCUT2D eigenvalue weighted by atomic mass is 32.1. The van der Waals surface area contributed by atoms with Gasteiger partial charge in [-0.15, -0.1) is 0 Å². The normalized spacial score (nSPS) is 22.3. The van der Waals surface area contributed by atoms with Gasteiger partial charge in [-0.05, 0) is 69.9 Å². The maximum absolute atomic E-state index is 13.3. The van der Waals surface area contributed by atoms with E-state index in [4.69, 9.17) is 9.47 Å². The topological polar surface area (TPSA) is 84.0 Å². The van der Waals surface area contributed by atoms with Crippen molar-refractivity contribution in [1.82, 2.24) is 20.1 Å². The average molecular weight is 521 g/mol. The first-order chi connectivity index (χ1) is 17.7. The largest absolute Gasteiger partial charge is 0.444 e. The Morgan fingerprint density at radius 3 is 2.49 bits per heavy atom. The lowest BCUT2D eigenvalue weighted by molar-refractivity contribution is -0.137. The molecule has 8 nitrogen and oxygen atoms in total. The van der Waals surface area contributed by atoms with Crippen LogP contribution in [0.1, 0.15) is 45.6 Å². The number of hydrogen-bond acceptors (Lipinski definition) is 7. The second-order valence-electron chi connectivity index (χ2n) is 11.3. The molecule has 1 aromatic heterocycles.